The zero-order chi connectivity index (χ0) is 15.5. The predicted molar refractivity (Wildman–Crippen MR) is 93.8 cm³/mol. The van der Waals surface area contributed by atoms with Crippen LogP contribution < -0.4 is 5.73 Å². The molecule has 0 fully saturated rings. The summed E-state index contributed by atoms with van der Waals surface area (Å²) in [5.41, 5.74) is 8.47. The van der Waals surface area contributed by atoms with E-state index in [-0.39, 0.29) is 5.54 Å². The van der Waals surface area contributed by atoms with E-state index in [4.69, 9.17) is 10.7 Å². The summed E-state index contributed by atoms with van der Waals surface area (Å²) in [5.74, 6) is 2.92. The molecular weight excluding hydrogens is 278 g/mol. The van der Waals surface area contributed by atoms with Crippen molar-refractivity contribution < 1.29 is 0 Å². The first-order valence-electron chi connectivity index (χ1n) is 7.37. The Kier molecular flexibility index (Phi) is 4.99. The number of nitrogens with zero attached hydrogens (tertiary/aromatic N) is 2. The van der Waals surface area contributed by atoms with Crippen LogP contribution in [0.3, 0.4) is 0 Å². The number of nitrogens with two attached hydrogens (primary N) is 1. The van der Waals surface area contributed by atoms with Crippen LogP contribution in [0.4, 0.5) is 5.82 Å². The largest absolute Gasteiger partial charge is 0.384 e. The number of rotatable bonds is 5. The van der Waals surface area contributed by atoms with E-state index in [0.717, 1.165) is 41.5 Å². The van der Waals surface area contributed by atoms with Crippen LogP contribution >= 0.6 is 11.8 Å². The first kappa shape index (κ1) is 16.0. The maximum absolute atomic E-state index is 6.40. The van der Waals surface area contributed by atoms with Crippen LogP contribution in [0.1, 0.15) is 32.9 Å². The molecule has 0 bridgehead atoms. The van der Waals surface area contributed by atoms with Crippen LogP contribution in [0.2, 0.25) is 0 Å². The van der Waals surface area contributed by atoms with Crippen molar-refractivity contribution in [1.29, 1.82) is 0 Å². The fraction of sp³-hybridized carbons (Fsp3) is 0.471. The number of hydrogen-bond donors (Lipinski definition) is 1. The second-order valence-corrected chi connectivity index (χ2v) is 7.22. The topological polar surface area (TPSA) is 43.8 Å². The highest BCUT2D eigenvalue weighted by Gasteiger charge is 2.24. The zero-order valence-electron chi connectivity index (χ0n) is 13.4. The molecule has 0 amide bonds. The standard InChI is InChI=1S/C17H25N3S/c1-17(2,3)20-15(18)14(11-8-12-21-4)19-16(20)13-9-6-5-7-10-13/h5-7,9-10H,8,11-12,18H2,1-4H3. The van der Waals surface area contributed by atoms with E-state index >= 15 is 0 Å². The fourth-order valence-corrected chi connectivity index (χ4v) is 2.94. The van der Waals surface area contributed by atoms with E-state index in [2.05, 4.69) is 43.7 Å². The molecule has 2 N–H and O–H groups in total. The van der Waals surface area contributed by atoms with Crippen molar-refractivity contribution in [3.8, 4) is 11.4 Å². The first-order chi connectivity index (χ1) is 9.95. The van der Waals surface area contributed by atoms with Crippen LogP contribution in [0.25, 0.3) is 11.4 Å². The summed E-state index contributed by atoms with van der Waals surface area (Å²) in [6.45, 7) is 6.51. The highest BCUT2D eigenvalue weighted by molar-refractivity contribution is 7.98. The van der Waals surface area contributed by atoms with Gasteiger partial charge in [-0.3, -0.25) is 0 Å². The van der Waals surface area contributed by atoms with Gasteiger partial charge in [-0.2, -0.15) is 11.8 Å². The van der Waals surface area contributed by atoms with Gasteiger partial charge >= 0.3 is 0 Å². The van der Waals surface area contributed by atoms with Crippen LogP contribution in [0.15, 0.2) is 30.3 Å². The molecule has 0 aliphatic carbocycles. The van der Waals surface area contributed by atoms with Crippen molar-refractivity contribution in [1.82, 2.24) is 9.55 Å². The molecule has 0 atom stereocenters. The number of imidazole rings is 1. The van der Waals surface area contributed by atoms with Gasteiger partial charge in [-0.25, -0.2) is 4.98 Å². The lowest BCUT2D eigenvalue weighted by molar-refractivity contribution is 0.406. The normalized spacial score (nSPS) is 11.8. The molecule has 0 aliphatic rings. The molecule has 0 saturated heterocycles. The third-order valence-corrected chi connectivity index (χ3v) is 4.15. The van der Waals surface area contributed by atoms with Gasteiger partial charge < -0.3 is 10.3 Å². The monoisotopic (exact) mass is 303 g/mol. The van der Waals surface area contributed by atoms with E-state index in [0.29, 0.717) is 0 Å². The molecule has 1 aromatic carbocycles. The first-order valence-corrected chi connectivity index (χ1v) is 8.76. The molecule has 3 nitrogen and oxygen atoms in total. The minimum absolute atomic E-state index is 0.0833. The van der Waals surface area contributed by atoms with Gasteiger partial charge in [0.15, 0.2) is 0 Å². The molecule has 21 heavy (non-hydrogen) atoms. The van der Waals surface area contributed by atoms with E-state index < -0.39 is 0 Å². The number of hydrogen-bond acceptors (Lipinski definition) is 3. The number of anilines is 1. The molecule has 114 valence electrons. The second-order valence-electron chi connectivity index (χ2n) is 6.24. The van der Waals surface area contributed by atoms with Crippen LogP contribution in [0, 0.1) is 0 Å². The van der Waals surface area contributed by atoms with Gasteiger partial charge in [0.2, 0.25) is 0 Å². The van der Waals surface area contributed by atoms with Crippen LogP contribution in [-0.4, -0.2) is 21.6 Å². The average Bonchev–Trinajstić information content (AvgIpc) is 2.77. The SMILES string of the molecule is CSCCCc1nc(-c2ccccc2)n(C(C)(C)C)c1N. The van der Waals surface area contributed by atoms with Crippen molar-refractivity contribution >= 4 is 17.6 Å². The summed E-state index contributed by atoms with van der Waals surface area (Å²) in [4.78, 5) is 4.85. The van der Waals surface area contributed by atoms with Crippen molar-refractivity contribution in [2.24, 2.45) is 0 Å². The molecule has 0 radical (unpaired) electrons. The minimum atomic E-state index is -0.0833. The highest BCUT2D eigenvalue weighted by Crippen LogP contribution is 2.31. The lowest BCUT2D eigenvalue weighted by Crippen LogP contribution is -2.24. The fourth-order valence-electron chi connectivity index (χ4n) is 2.51. The van der Waals surface area contributed by atoms with Gasteiger partial charge in [-0.05, 0) is 45.6 Å². The van der Waals surface area contributed by atoms with Gasteiger partial charge in [0.1, 0.15) is 11.6 Å². The molecule has 1 heterocycles. The van der Waals surface area contributed by atoms with Gasteiger partial charge in [-0.15, -0.1) is 0 Å². The summed E-state index contributed by atoms with van der Waals surface area (Å²) in [7, 11) is 0. The Labute approximate surface area is 132 Å². The van der Waals surface area contributed by atoms with Crippen molar-refractivity contribution in [3.05, 3.63) is 36.0 Å². The Morgan fingerprint density at radius 2 is 1.86 bits per heavy atom. The van der Waals surface area contributed by atoms with E-state index in [1.54, 1.807) is 0 Å². The number of nitrogen functional groups attached to an aromatic ring is 1. The minimum Gasteiger partial charge on any atom is -0.384 e. The Morgan fingerprint density at radius 1 is 1.19 bits per heavy atom. The maximum atomic E-state index is 6.40. The molecule has 0 aliphatic heterocycles. The summed E-state index contributed by atoms with van der Waals surface area (Å²) in [6, 6.07) is 10.3. The summed E-state index contributed by atoms with van der Waals surface area (Å²) >= 11 is 1.86. The molecule has 2 aromatic rings. The van der Waals surface area contributed by atoms with E-state index in [1.807, 2.05) is 30.0 Å². The van der Waals surface area contributed by atoms with Gasteiger partial charge in [0.05, 0.1) is 5.69 Å². The lowest BCUT2D eigenvalue weighted by atomic mass is 10.1. The Hall–Kier alpha value is -1.42. The van der Waals surface area contributed by atoms with Crippen molar-refractivity contribution in [2.75, 3.05) is 17.7 Å². The molecule has 0 unspecified atom stereocenters. The number of thioether (sulfide) groups is 1. The van der Waals surface area contributed by atoms with Gasteiger partial charge in [-0.1, -0.05) is 30.3 Å². The number of benzene rings is 1. The molecule has 1 aromatic heterocycles. The zero-order valence-corrected chi connectivity index (χ0v) is 14.2. The molecule has 4 heteroatoms. The van der Waals surface area contributed by atoms with Crippen LogP contribution in [0.5, 0.6) is 0 Å². The summed E-state index contributed by atoms with van der Waals surface area (Å²) in [5, 5.41) is 0. The summed E-state index contributed by atoms with van der Waals surface area (Å²) < 4.78 is 2.16. The maximum Gasteiger partial charge on any atom is 0.142 e. The predicted octanol–water partition coefficient (Wildman–Crippen LogP) is 4.18. The molecule has 2 rings (SSSR count). The van der Waals surface area contributed by atoms with Gasteiger partial charge in [0.25, 0.3) is 0 Å². The summed E-state index contributed by atoms with van der Waals surface area (Å²) in [6.07, 6.45) is 4.18. The average molecular weight is 303 g/mol. The third-order valence-electron chi connectivity index (χ3n) is 3.45. The highest BCUT2D eigenvalue weighted by atomic mass is 32.2. The molecule has 0 saturated carbocycles. The van der Waals surface area contributed by atoms with Crippen molar-refractivity contribution in [3.63, 3.8) is 0 Å². The lowest BCUT2D eigenvalue weighted by Gasteiger charge is -2.25. The quantitative estimate of drug-likeness (QED) is 0.843. The van der Waals surface area contributed by atoms with Crippen LogP contribution in [-0.2, 0) is 12.0 Å². The third kappa shape index (κ3) is 3.62. The van der Waals surface area contributed by atoms with E-state index in [1.165, 1.54) is 0 Å². The number of aryl methyl sites for hydroxylation is 1. The molecule has 0 spiro atoms. The number of aromatic nitrogens is 2. The van der Waals surface area contributed by atoms with Crippen molar-refractivity contribution in [2.45, 2.75) is 39.2 Å². The Bertz CT molecular complexity index is 582. The molecular formula is C17H25N3S. The Morgan fingerprint density at radius 3 is 2.43 bits per heavy atom. The Balaban J connectivity index is 2.46. The van der Waals surface area contributed by atoms with E-state index in [9.17, 15) is 0 Å². The second kappa shape index (κ2) is 6.56. The smallest absolute Gasteiger partial charge is 0.142 e. The van der Waals surface area contributed by atoms with Gasteiger partial charge in [0, 0.05) is 11.1 Å².